The summed E-state index contributed by atoms with van der Waals surface area (Å²) in [5, 5.41) is 10.8. The average Bonchev–Trinajstić information content (AvgIpc) is 3.37. The van der Waals surface area contributed by atoms with Gasteiger partial charge in [0, 0.05) is 12.1 Å². The third-order valence-electron chi connectivity index (χ3n) is 4.26. The zero-order chi connectivity index (χ0) is 18.8. The first-order valence-corrected chi connectivity index (χ1v) is 8.61. The van der Waals surface area contributed by atoms with Crippen LogP contribution in [0, 0.1) is 6.92 Å². The number of aromatic nitrogens is 6. The maximum Gasteiger partial charge on any atom is 0.273 e. The first-order valence-electron chi connectivity index (χ1n) is 8.61. The zero-order valence-electron chi connectivity index (χ0n) is 15.0. The maximum atomic E-state index is 12.4. The number of fused-ring (bicyclic) bond motifs is 1. The van der Waals surface area contributed by atoms with Crippen molar-refractivity contribution in [1.82, 2.24) is 34.8 Å². The highest BCUT2D eigenvalue weighted by molar-refractivity contribution is 5.92. The number of nitrogens with zero attached hydrogens (tertiary/aromatic N) is 6. The lowest BCUT2D eigenvalue weighted by atomic mass is 10.3. The van der Waals surface area contributed by atoms with Gasteiger partial charge in [-0.2, -0.15) is 5.10 Å². The molecule has 3 aromatic heterocycles. The summed E-state index contributed by atoms with van der Waals surface area (Å²) in [7, 11) is 0. The fourth-order valence-electron chi connectivity index (χ4n) is 3.00. The Kier molecular flexibility index (Phi) is 4.41. The van der Waals surface area contributed by atoms with Crippen LogP contribution in [0.4, 0.5) is 0 Å². The average molecular weight is 365 g/mol. The Morgan fingerprint density at radius 2 is 2.19 bits per heavy atom. The second-order valence-corrected chi connectivity index (χ2v) is 6.40. The number of hydrogen-bond acceptors (Lipinski definition) is 6. The van der Waals surface area contributed by atoms with Crippen molar-refractivity contribution < 1.29 is 9.32 Å². The van der Waals surface area contributed by atoms with Gasteiger partial charge in [0.1, 0.15) is 18.5 Å². The number of rotatable bonds is 6. The summed E-state index contributed by atoms with van der Waals surface area (Å²) >= 11 is 0. The number of imidazole rings is 1. The molecule has 0 spiro atoms. The molecule has 4 rings (SSSR count). The number of nitrogens with one attached hydrogen (secondary N) is 1. The van der Waals surface area contributed by atoms with Crippen LogP contribution in [-0.2, 0) is 13.1 Å². The second-order valence-electron chi connectivity index (χ2n) is 6.40. The van der Waals surface area contributed by atoms with E-state index in [9.17, 15) is 4.79 Å². The number of carbonyl (C=O) groups excluding carboxylic acids is 1. The predicted octanol–water partition coefficient (Wildman–Crippen LogP) is 1.79. The monoisotopic (exact) mass is 365 g/mol. The molecule has 1 amide bonds. The van der Waals surface area contributed by atoms with Crippen molar-refractivity contribution in [3.05, 3.63) is 60.3 Å². The number of hydrogen-bond donors (Lipinski definition) is 1. The summed E-state index contributed by atoms with van der Waals surface area (Å²) in [5.41, 5.74) is 2.19. The van der Waals surface area contributed by atoms with Gasteiger partial charge in [-0.1, -0.05) is 17.3 Å². The Hall–Kier alpha value is -3.49. The van der Waals surface area contributed by atoms with Gasteiger partial charge in [0.2, 0.25) is 0 Å². The van der Waals surface area contributed by atoms with Crippen LogP contribution in [0.25, 0.3) is 11.0 Å². The van der Waals surface area contributed by atoms with Gasteiger partial charge in [-0.15, -0.1) is 0 Å². The van der Waals surface area contributed by atoms with Crippen LogP contribution in [0.15, 0.2) is 47.5 Å². The summed E-state index contributed by atoms with van der Waals surface area (Å²) in [5.74, 6) is 1.18. The molecule has 1 aromatic carbocycles. The molecule has 0 radical (unpaired) electrons. The number of para-hydroxylation sites is 2. The van der Waals surface area contributed by atoms with Crippen LogP contribution in [0.1, 0.15) is 29.0 Å². The lowest BCUT2D eigenvalue weighted by Gasteiger charge is -2.12. The molecule has 138 valence electrons. The van der Waals surface area contributed by atoms with Crippen molar-refractivity contribution in [1.29, 1.82) is 0 Å². The number of benzene rings is 1. The Morgan fingerprint density at radius 3 is 3.00 bits per heavy atom. The molecule has 0 aliphatic rings. The van der Waals surface area contributed by atoms with Crippen LogP contribution in [-0.4, -0.2) is 41.4 Å². The molecule has 4 aromatic rings. The summed E-state index contributed by atoms with van der Waals surface area (Å²) < 4.78 is 9.05. The summed E-state index contributed by atoms with van der Waals surface area (Å²) in [6, 6.07) is 9.43. The molecule has 3 heterocycles. The summed E-state index contributed by atoms with van der Waals surface area (Å²) in [6.45, 7) is 4.81. The lowest BCUT2D eigenvalue weighted by molar-refractivity contribution is 0.0926. The highest BCUT2D eigenvalue weighted by atomic mass is 16.5. The van der Waals surface area contributed by atoms with E-state index in [0.717, 1.165) is 16.9 Å². The molecule has 0 saturated carbocycles. The molecule has 1 N–H and O–H groups in total. The minimum absolute atomic E-state index is 0.126. The Bertz CT molecular complexity index is 1060. The largest absolute Gasteiger partial charge is 0.359 e. The second kappa shape index (κ2) is 7.02. The van der Waals surface area contributed by atoms with E-state index in [1.54, 1.807) is 17.1 Å². The van der Waals surface area contributed by atoms with Crippen LogP contribution >= 0.6 is 0 Å². The first-order chi connectivity index (χ1) is 13.1. The highest BCUT2D eigenvalue weighted by Crippen LogP contribution is 2.17. The molecule has 0 unspecified atom stereocenters. The third-order valence-corrected chi connectivity index (χ3v) is 4.26. The van der Waals surface area contributed by atoms with Crippen molar-refractivity contribution in [3.8, 4) is 0 Å². The third kappa shape index (κ3) is 3.57. The molecule has 0 aliphatic carbocycles. The number of carbonyl (C=O) groups is 1. The molecule has 0 bridgehead atoms. The van der Waals surface area contributed by atoms with E-state index in [2.05, 4.69) is 25.5 Å². The van der Waals surface area contributed by atoms with Gasteiger partial charge in [0.25, 0.3) is 5.91 Å². The fourth-order valence-corrected chi connectivity index (χ4v) is 3.00. The van der Waals surface area contributed by atoms with Crippen LogP contribution in [0.2, 0.25) is 0 Å². The van der Waals surface area contributed by atoms with Crippen LogP contribution in [0.5, 0.6) is 0 Å². The van der Waals surface area contributed by atoms with E-state index in [-0.39, 0.29) is 17.6 Å². The van der Waals surface area contributed by atoms with E-state index < -0.39 is 0 Å². The van der Waals surface area contributed by atoms with Crippen molar-refractivity contribution in [2.45, 2.75) is 33.0 Å². The van der Waals surface area contributed by atoms with E-state index in [0.29, 0.717) is 18.8 Å². The van der Waals surface area contributed by atoms with Crippen molar-refractivity contribution in [2.75, 3.05) is 0 Å². The SMILES string of the molecule is Cc1nc2ccccc2n1Cc1cc(C(=O)N[C@H](C)Cn2cncn2)no1. The predicted molar refractivity (Wildman–Crippen MR) is 97.0 cm³/mol. The summed E-state index contributed by atoms with van der Waals surface area (Å²) in [6.07, 6.45) is 3.06. The normalized spacial score (nSPS) is 12.4. The van der Waals surface area contributed by atoms with Gasteiger partial charge >= 0.3 is 0 Å². The molecule has 1 atom stereocenters. The highest BCUT2D eigenvalue weighted by Gasteiger charge is 2.17. The van der Waals surface area contributed by atoms with Gasteiger partial charge in [-0.25, -0.2) is 9.97 Å². The van der Waals surface area contributed by atoms with Gasteiger partial charge in [0.15, 0.2) is 11.5 Å². The molecule has 0 saturated heterocycles. The Morgan fingerprint density at radius 1 is 1.33 bits per heavy atom. The molecular formula is C18H19N7O2. The van der Waals surface area contributed by atoms with E-state index >= 15 is 0 Å². The van der Waals surface area contributed by atoms with Crippen molar-refractivity contribution in [2.24, 2.45) is 0 Å². The maximum absolute atomic E-state index is 12.4. The van der Waals surface area contributed by atoms with E-state index in [1.807, 2.05) is 42.7 Å². The topological polar surface area (TPSA) is 104 Å². The van der Waals surface area contributed by atoms with Gasteiger partial charge in [-0.3, -0.25) is 9.48 Å². The number of aryl methyl sites for hydroxylation is 1. The van der Waals surface area contributed by atoms with Gasteiger partial charge in [0.05, 0.1) is 24.1 Å². The molecule has 27 heavy (non-hydrogen) atoms. The zero-order valence-corrected chi connectivity index (χ0v) is 15.0. The number of amides is 1. The van der Waals surface area contributed by atoms with Crippen molar-refractivity contribution >= 4 is 16.9 Å². The van der Waals surface area contributed by atoms with E-state index in [4.69, 9.17) is 4.52 Å². The molecule has 9 heteroatoms. The molecule has 9 nitrogen and oxygen atoms in total. The Balaban J connectivity index is 1.45. The minimum atomic E-state index is -0.287. The lowest BCUT2D eigenvalue weighted by Crippen LogP contribution is -2.36. The quantitative estimate of drug-likeness (QED) is 0.559. The molecule has 0 fully saturated rings. The minimum Gasteiger partial charge on any atom is -0.359 e. The van der Waals surface area contributed by atoms with E-state index in [1.165, 1.54) is 6.33 Å². The van der Waals surface area contributed by atoms with Crippen LogP contribution < -0.4 is 5.32 Å². The van der Waals surface area contributed by atoms with Crippen LogP contribution in [0.3, 0.4) is 0 Å². The van der Waals surface area contributed by atoms with Gasteiger partial charge < -0.3 is 14.4 Å². The summed E-state index contributed by atoms with van der Waals surface area (Å²) in [4.78, 5) is 20.8. The van der Waals surface area contributed by atoms with Crippen molar-refractivity contribution in [3.63, 3.8) is 0 Å². The molecule has 0 aliphatic heterocycles. The standard InChI is InChI=1S/C18H19N7O2/c1-12(8-24-11-19-10-20-24)21-18(26)16-7-14(27-23-16)9-25-13(2)22-15-5-3-4-6-17(15)25/h3-7,10-12H,8-9H2,1-2H3,(H,21,26)/t12-/m1/s1. The van der Waals surface area contributed by atoms with Gasteiger partial charge in [-0.05, 0) is 26.0 Å². The fraction of sp³-hybridized carbons (Fsp3) is 0.278. The Labute approximate surface area is 155 Å². The smallest absolute Gasteiger partial charge is 0.273 e. The molecular weight excluding hydrogens is 346 g/mol. The first kappa shape index (κ1) is 17.0.